The van der Waals surface area contributed by atoms with E-state index in [-0.39, 0.29) is 0 Å². The number of rotatable bonds is 4. The molecule has 0 saturated heterocycles. The summed E-state index contributed by atoms with van der Waals surface area (Å²) in [5, 5.41) is 8.99. The molecule has 3 heterocycles. The molecule has 0 saturated carbocycles. The zero-order valence-electron chi connectivity index (χ0n) is 16.9. The van der Waals surface area contributed by atoms with Crippen LogP contribution in [0.4, 0.5) is 4.39 Å². The van der Waals surface area contributed by atoms with Crippen LogP contribution in [0, 0.1) is 5.82 Å². The maximum absolute atomic E-state index is 14.5. The van der Waals surface area contributed by atoms with E-state index in [1.807, 2.05) is 24.3 Å². The smallest absolute Gasteiger partial charge is 0.250 e. The van der Waals surface area contributed by atoms with Crippen LogP contribution in [0.15, 0.2) is 61.1 Å². The van der Waals surface area contributed by atoms with E-state index in [2.05, 4.69) is 25.4 Å². The van der Waals surface area contributed by atoms with E-state index in [9.17, 15) is 4.39 Å². The zero-order chi connectivity index (χ0) is 22.2. The molecule has 0 aliphatic rings. The third-order valence-electron chi connectivity index (χ3n) is 5.14. The molecule has 5 aromatic rings. The highest BCUT2D eigenvalue weighted by atomic mass is 35.5. The van der Waals surface area contributed by atoms with E-state index in [1.54, 1.807) is 42.3 Å². The van der Waals surface area contributed by atoms with E-state index < -0.39 is 5.82 Å². The Kier molecular flexibility index (Phi) is 5.24. The first-order chi connectivity index (χ1) is 15.5. The third kappa shape index (κ3) is 3.68. The SMILES string of the molecule is CNC(=S)c1ccc(-c2cnc3ncc(Cc4cc(Cl)c5ncccc5c4)n3n2)cc1F. The van der Waals surface area contributed by atoms with Gasteiger partial charge in [-0.2, -0.15) is 5.10 Å². The summed E-state index contributed by atoms with van der Waals surface area (Å²) >= 11 is 11.6. The van der Waals surface area contributed by atoms with E-state index in [0.29, 0.717) is 39.0 Å². The molecule has 0 fully saturated rings. The normalized spacial score (nSPS) is 11.2. The van der Waals surface area contributed by atoms with Gasteiger partial charge in [-0.1, -0.05) is 36.0 Å². The molecule has 0 unspecified atom stereocenters. The topological polar surface area (TPSA) is 68.0 Å². The average molecular weight is 463 g/mol. The predicted molar refractivity (Wildman–Crippen MR) is 126 cm³/mol. The maximum atomic E-state index is 14.5. The summed E-state index contributed by atoms with van der Waals surface area (Å²) in [6.45, 7) is 0. The van der Waals surface area contributed by atoms with Gasteiger partial charge in [0.2, 0.25) is 0 Å². The lowest BCUT2D eigenvalue weighted by molar-refractivity contribution is 0.625. The number of imidazole rings is 1. The van der Waals surface area contributed by atoms with Gasteiger partial charge in [0.05, 0.1) is 28.6 Å². The molecule has 0 aliphatic heterocycles. The minimum atomic E-state index is -0.422. The van der Waals surface area contributed by atoms with Crippen molar-refractivity contribution in [3.63, 3.8) is 0 Å². The van der Waals surface area contributed by atoms with Gasteiger partial charge in [-0.05, 0) is 35.9 Å². The summed E-state index contributed by atoms with van der Waals surface area (Å²) in [5.41, 5.74) is 4.06. The summed E-state index contributed by atoms with van der Waals surface area (Å²) < 4.78 is 16.2. The second kappa shape index (κ2) is 8.22. The molecule has 1 N–H and O–H groups in total. The number of nitrogens with one attached hydrogen (secondary N) is 1. The Morgan fingerprint density at radius 2 is 1.97 bits per heavy atom. The van der Waals surface area contributed by atoms with Crippen LogP contribution in [0.3, 0.4) is 0 Å². The van der Waals surface area contributed by atoms with Gasteiger partial charge in [0, 0.05) is 36.2 Å². The highest BCUT2D eigenvalue weighted by Gasteiger charge is 2.13. The number of pyridine rings is 1. The quantitative estimate of drug-likeness (QED) is 0.393. The van der Waals surface area contributed by atoms with Crippen LogP contribution in [-0.2, 0) is 6.42 Å². The molecule has 3 aromatic heterocycles. The van der Waals surface area contributed by atoms with Gasteiger partial charge in [0.25, 0.3) is 5.78 Å². The second-order valence-corrected chi connectivity index (χ2v) is 8.02. The lowest BCUT2D eigenvalue weighted by atomic mass is 10.1. The summed E-state index contributed by atoms with van der Waals surface area (Å²) in [6, 6.07) is 12.6. The van der Waals surface area contributed by atoms with Crippen LogP contribution in [-0.4, -0.2) is 36.6 Å². The molecule has 0 atom stereocenters. The summed E-state index contributed by atoms with van der Waals surface area (Å²) in [7, 11) is 1.66. The number of thiocarbonyl (C=S) groups is 1. The number of fused-ring (bicyclic) bond motifs is 2. The lowest BCUT2D eigenvalue weighted by Gasteiger charge is -2.08. The minimum Gasteiger partial charge on any atom is -0.379 e. The van der Waals surface area contributed by atoms with Crippen LogP contribution in [0.25, 0.3) is 27.9 Å². The fraction of sp³-hybridized carbons (Fsp3) is 0.0870. The average Bonchev–Trinajstić information content (AvgIpc) is 3.20. The van der Waals surface area contributed by atoms with E-state index >= 15 is 0 Å². The molecule has 6 nitrogen and oxygen atoms in total. The van der Waals surface area contributed by atoms with Gasteiger partial charge >= 0.3 is 0 Å². The molecule has 0 aliphatic carbocycles. The number of hydrogen-bond acceptors (Lipinski definition) is 5. The first kappa shape index (κ1) is 20.4. The predicted octanol–water partition coefficient (Wildman–Crippen LogP) is 4.62. The van der Waals surface area contributed by atoms with Crippen LogP contribution in [0.2, 0.25) is 5.02 Å². The molecule has 0 radical (unpaired) electrons. The van der Waals surface area contributed by atoms with E-state index in [0.717, 1.165) is 22.2 Å². The van der Waals surface area contributed by atoms with Gasteiger partial charge in [-0.15, -0.1) is 0 Å². The number of hydrogen-bond donors (Lipinski definition) is 1. The fourth-order valence-corrected chi connectivity index (χ4v) is 4.05. The molecule has 0 spiro atoms. The van der Waals surface area contributed by atoms with Crippen LogP contribution in [0.1, 0.15) is 16.8 Å². The second-order valence-electron chi connectivity index (χ2n) is 7.21. The third-order valence-corrected chi connectivity index (χ3v) is 5.85. The Labute approximate surface area is 193 Å². The molecule has 2 aromatic carbocycles. The molecule has 0 amide bonds. The Morgan fingerprint density at radius 3 is 2.78 bits per heavy atom. The van der Waals surface area contributed by atoms with Crippen molar-refractivity contribution in [1.29, 1.82) is 0 Å². The Balaban J connectivity index is 1.52. The number of halogens is 2. The Hall–Kier alpha value is -3.49. The summed E-state index contributed by atoms with van der Waals surface area (Å²) in [4.78, 5) is 13.4. The number of nitrogens with zero attached hydrogens (tertiary/aromatic N) is 5. The standard InChI is InChI=1S/C23H16ClFN6S/c1-26-22(32)17-5-4-14(10-19(17)25)20-12-29-23-28-11-16(31(23)30-20)8-13-7-15-3-2-6-27-21(15)18(24)9-13/h2-7,9-12H,8H2,1H3,(H,26,32). The summed E-state index contributed by atoms with van der Waals surface area (Å²) in [6.07, 6.45) is 5.58. The van der Waals surface area contributed by atoms with Crippen LogP contribution < -0.4 is 5.32 Å². The lowest BCUT2D eigenvalue weighted by Crippen LogP contribution is -2.17. The first-order valence-electron chi connectivity index (χ1n) is 9.78. The van der Waals surface area contributed by atoms with E-state index in [1.165, 1.54) is 6.07 Å². The van der Waals surface area contributed by atoms with Gasteiger partial charge in [0.1, 0.15) is 16.5 Å². The van der Waals surface area contributed by atoms with Crippen LogP contribution in [0.5, 0.6) is 0 Å². The molecular formula is C23H16ClFN6S. The Bertz CT molecular complexity index is 1500. The van der Waals surface area contributed by atoms with Crippen molar-refractivity contribution < 1.29 is 4.39 Å². The van der Waals surface area contributed by atoms with Crippen molar-refractivity contribution >= 4 is 45.5 Å². The highest BCUT2D eigenvalue weighted by Crippen LogP contribution is 2.25. The van der Waals surface area contributed by atoms with Gasteiger partial charge in [-0.3, -0.25) is 4.98 Å². The monoisotopic (exact) mass is 462 g/mol. The zero-order valence-corrected chi connectivity index (χ0v) is 18.5. The van der Waals surface area contributed by atoms with Crippen molar-refractivity contribution in [3.05, 3.63) is 88.7 Å². The van der Waals surface area contributed by atoms with Crippen LogP contribution >= 0.6 is 23.8 Å². The molecular weight excluding hydrogens is 447 g/mol. The highest BCUT2D eigenvalue weighted by molar-refractivity contribution is 7.80. The molecule has 32 heavy (non-hydrogen) atoms. The van der Waals surface area contributed by atoms with Gasteiger partial charge in [0.15, 0.2) is 0 Å². The number of benzene rings is 2. The summed E-state index contributed by atoms with van der Waals surface area (Å²) in [5.74, 6) is 0.0415. The van der Waals surface area contributed by atoms with E-state index in [4.69, 9.17) is 23.8 Å². The van der Waals surface area contributed by atoms with Crippen molar-refractivity contribution in [1.82, 2.24) is 29.9 Å². The molecule has 9 heteroatoms. The van der Waals surface area contributed by atoms with Crippen molar-refractivity contribution in [2.45, 2.75) is 6.42 Å². The number of aromatic nitrogens is 5. The molecule has 0 bridgehead atoms. The largest absolute Gasteiger partial charge is 0.379 e. The first-order valence-corrected chi connectivity index (χ1v) is 10.6. The van der Waals surface area contributed by atoms with Crippen molar-refractivity contribution in [3.8, 4) is 11.3 Å². The van der Waals surface area contributed by atoms with Gasteiger partial charge in [-0.25, -0.2) is 18.9 Å². The molecule has 5 rings (SSSR count). The Morgan fingerprint density at radius 1 is 1.12 bits per heavy atom. The van der Waals surface area contributed by atoms with Gasteiger partial charge < -0.3 is 5.32 Å². The molecule has 158 valence electrons. The van der Waals surface area contributed by atoms with Crippen molar-refractivity contribution in [2.75, 3.05) is 7.05 Å². The minimum absolute atomic E-state index is 0.339. The van der Waals surface area contributed by atoms with Crippen molar-refractivity contribution in [2.24, 2.45) is 0 Å². The maximum Gasteiger partial charge on any atom is 0.250 e. The fourth-order valence-electron chi connectivity index (χ4n) is 3.58.